The molecule has 0 saturated heterocycles. The number of aromatic nitrogens is 4. The molecule has 0 atom stereocenters. The van der Waals surface area contributed by atoms with Gasteiger partial charge in [-0.1, -0.05) is 13.2 Å². The number of carbonyl (C=O) groups excluding carboxylic acids is 1. The van der Waals surface area contributed by atoms with Gasteiger partial charge in [0.25, 0.3) is 0 Å². The first kappa shape index (κ1) is 19.8. The Morgan fingerprint density at radius 2 is 1.64 bits per heavy atom. The number of nitrogens with zero attached hydrogens (tertiary/aromatic N) is 4. The second-order valence-electron chi connectivity index (χ2n) is 5.73. The molecule has 0 bridgehead atoms. The van der Waals surface area contributed by atoms with Gasteiger partial charge in [-0.2, -0.15) is 0 Å². The average Bonchev–Trinajstić information content (AvgIpc) is 2.53. The van der Waals surface area contributed by atoms with Crippen LogP contribution in [-0.4, -0.2) is 31.6 Å². The van der Waals surface area contributed by atoms with Gasteiger partial charge in [0.1, 0.15) is 29.9 Å². The van der Waals surface area contributed by atoms with Crippen molar-refractivity contribution < 1.29 is 9.53 Å². The van der Waals surface area contributed by atoms with Crippen LogP contribution in [0.3, 0.4) is 0 Å². The van der Waals surface area contributed by atoms with Gasteiger partial charge in [-0.15, -0.1) is 0 Å². The SMILES string of the molecule is C=Cc1cc(N)ncn1.C=Cc1cc(NC(=O)OC(C)(C)C)ncn1. The monoisotopic (exact) mass is 342 g/mol. The molecule has 0 aromatic carbocycles. The predicted octanol–water partition coefficient (Wildman–Crippen LogP) is 3.17. The highest BCUT2D eigenvalue weighted by Crippen LogP contribution is 2.10. The summed E-state index contributed by atoms with van der Waals surface area (Å²) < 4.78 is 5.08. The number of ether oxygens (including phenoxy) is 1. The van der Waals surface area contributed by atoms with E-state index in [9.17, 15) is 4.79 Å². The van der Waals surface area contributed by atoms with E-state index in [0.717, 1.165) is 5.69 Å². The quantitative estimate of drug-likeness (QED) is 0.880. The topological polar surface area (TPSA) is 116 Å². The molecule has 25 heavy (non-hydrogen) atoms. The number of carbonyl (C=O) groups is 1. The van der Waals surface area contributed by atoms with E-state index in [1.165, 1.54) is 12.7 Å². The van der Waals surface area contributed by atoms with Crippen LogP contribution in [0, 0.1) is 0 Å². The van der Waals surface area contributed by atoms with Crippen LogP contribution in [0.2, 0.25) is 0 Å². The van der Waals surface area contributed by atoms with Gasteiger partial charge in [0, 0.05) is 12.1 Å². The van der Waals surface area contributed by atoms with Crippen molar-refractivity contribution in [3.8, 4) is 0 Å². The molecule has 0 aliphatic rings. The first-order valence-corrected chi connectivity index (χ1v) is 7.38. The fourth-order valence-electron chi connectivity index (χ4n) is 1.46. The lowest BCUT2D eigenvalue weighted by Gasteiger charge is -2.19. The van der Waals surface area contributed by atoms with Gasteiger partial charge in [-0.25, -0.2) is 24.7 Å². The molecule has 2 rings (SSSR count). The van der Waals surface area contributed by atoms with Crippen LogP contribution >= 0.6 is 0 Å². The molecule has 8 heteroatoms. The zero-order valence-corrected chi connectivity index (χ0v) is 14.6. The van der Waals surface area contributed by atoms with Crippen molar-refractivity contribution in [1.82, 2.24) is 19.9 Å². The first-order valence-electron chi connectivity index (χ1n) is 7.38. The summed E-state index contributed by atoms with van der Waals surface area (Å²) >= 11 is 0. The molecule has 2 aromatic rings. The van der Waals surface area contributed by atoms with Gasteiger partial charge in [0.2, 0.25) is 0 Å². The second-order valence-corrected chi connectivity index (χ2v) is 5.73. The maximum atomic E-state index is 11.4. The summed E-state index contributed by atoms with van der Waals surface area (Å²) in [7, 11) is 0. The maximum Gasteiger partial charge on any atom is 0.413 e. The lowest BCUT2D eigenvalue weighted by atomic mass is 10.2. The minimum atomic E-state index is -0.541. The van der Waals surface area contributed by atoms with Crippen LogP contribution in [0.15, 0.2) is 37.9 Å². The van der Waals surface area contributed by atoms with Crippen molar-refractivity contribution in [2.45, 2.75) is 26.4 Å². The molecule has 0 aliphatic heterocycles. The third-order valence-corrected chi connectivity index (χ3v) is 2.44. The van der Waals surface area contributed by atoms with E-state index in [4.69, 9.17) is 10.5 Å². The third-order valence-electron chi connectivity index (χ3n) is 2.44. The van der Waals surface area contributed by atoms with E-state index < -0.39 is 11.7 Å². The van der Waals surface area contributed by atoms with Gasteiger partial charge in [-0.05, 0) is 32.9 Å². The molecule has 0 aliphatic carbocycles. The van der Waals surface area contributed by atoms with Crippen LogP contribution in [-0.2, 0) is 4.74 Å². The summed E-state index contributed by atoms with van der Waals surface area (Å²) in [6.45, 7) is 12.5. The van der Waals surface area contributed by atoms with Crippen LogP contribution in [0.1, 0.15) is 32.2 Å². The zero-order chi connectivity index (χ0) is 18.9. The van der Waals surface area contributed by atoms with E-state index in [0.29, 0.717) is 17.3 Å². The van der Waals surface area contributed by atoms with Crippen LogP contribution in [0.4, 0.5) is 16.4 Å². The van der Waals surface area contributed by atoms with Gasteiger partial charge >= 0.3 is 6.09 Å². The van der Waals surface area contributed by atoms with E-state index in [1.54, 1.807) is 45.1 Å². The summed E-state index contributed by atoms with van der Waals surface area (Å²) in [5.74, 6) is 0.860. The summed E-state index contributed by atoms with van der Waals surface area (Å²) in [6, 6.07) is 3.27. The Bertz CT molecular complexity index is 740. The zero-order valence-electron chi connectivity index (χ0n) is 14.6. The van der Waals surface area contributed by atoms with Crippen molar-refractivity contribution in [3.63, 3.8) is 0 Å². The highest BCUT2D eigenvalue weighted by atomic mass is 16.6. The van der Waals surface area contributed by atoms with Crippen LogP contribution in [0.25, 0.3) is 12.2 Å². The lowest BCUT2D eigenvalue weighted by Crippen LogP contribution is -2.27. The van der Waals surface area contributed by atoms with Crippen molar-refractivity contribution >= 4 is 29.9 Å². The number of nitrogens with one attached hydrogen (secondary N) is 1. The molecule has 0 radical (unpaired) electrons. The van der Waals surface area contributed by atoms with Gasteiger partial charge in [0.15, 0.2) is 0 Å². The number of nitrogens with two attached hydrogens (primary N) is 1. The van der Waals surface area contributed by atoms with Crippen molar-refractivity contribution in [2.75, 3.05) is 11.1 Å². The number of amides is 1. The Kier molecular flexibility index (Phi) is 7.20. The maximum absolute atomic E-state index is 11.4. The summed E-state index contributed by atoms with van der Waals surface area (Å²) in [6.07, 6.45) is 5.41. The molecule has 2 aromatic heterocycles. The Balaban J connectivity index is 0.000000293. The van der Waals surface area contributed by atoms with Crippen LogP contribution < -0.4 is 11.1 Å². The summed E-state index contributed by atoms with van der Waals surface area (Å²) in [5, 5.41) is 2.51. The highest BCUT2D eigenvalue weighted by molar-refractivity contribution is 5.83. The van der Waals surface area contributed by atoms with E-state index in [2.05, 4.69) is 38.4 Å². The molecule has 0 spiro atoms. The molecule has 1 amide bonds. The molecule has 8 nitrogen and oxygen atoms in total. The van der Waals surface area contributed by atoms with E-state index in [-0.39, 0.29) is 0 Å². The molecular formula is C17H22N6O2. The van der Waals surface area contributed by atoms with E-state index >= 15 is 0 Å². The smallest absolute Gasteiger partial charge is 0.413 e. The van der Waals surface area contributed by atoms with Crippen molar-refractivity contribution in [2.24, 2.45) is 0 Å². The van der Waals surface area contributed by atoms with Gasteiger partial charge < -0.3 is 10.5 Å². The molecule has 0 fully saturated rings. The summed E-state index contributed by atoms with van der Waals surface area (Å²) in [5.41, 5.74) is 6.20. The molecule has 3 N–H and O–H groups in total. The van der Waals surface area contributed by atoms with Gasteiger partial charge in [-0.3, -0.25) is 5.32 Å². The number of hydrogen-bond donors (Lipinski definition) is 2. The van der Waals surface area contributed by atoms with Gasteiger partial charge in [0.05, 0.1) is 11.4 Å². The molecule has 0 saturated carbocycles. The Morgan fingerprint density at radius 3 is 2.12 bits per heavy atom. The second kappa shape index (κ2) is 9.11. The predicted molar refractivity (Wildman–Crippen MR) is 98.5 cm³/mol. The normalized spacial score (nSPS) is 10.0. The molecule has 0 unspecified atom stereocenters. The Morgan fingerprint density at radius 1 is 1.08 bits per heavy atom. The van der Waals surface area contributed by atoms with Crippen LogP contribution in [0.5, 0.6) is 0 Å². The minimum absolute atomic E-state index is 0.388. The number of anilines is 2. The fourth-order valence-corrected chi connectivity index (χ4v) is 1.46. The lowest BCUT2D eigenvalue weighted by molar-refractivity contribution is 0.0635. The summed E-state index contributed by atoms with van der Waals surface area (Å²) in [4.78, 5) is 26.8. The number of hydrogen-bond acceptors (Lipinski definition) is 7. The van der Waals surface area contributed by atoms with E-state index in [1.807, 2.05) is 0 Å². The molecule has 132 valence electrons. The Labute approximate surface area is 146 Å². The minimum Gasteiger partial charge on any atom is -0.444 e. The highest BCUT2D eigenvalue weighted by Gasteiger charge is 2.16. The fraction of sp³-hybridized carbons (Fsp3) is 0.235. The Hall–Kier alpha value is -3.29. The van der Waals surface area contributed by atoms with Crippen molar-refractivity contribution in [3.05, 3.63) is 49.3 Å². The van der Waals surface area contributed by atoms with Crippen molar-refractivity contribution in [1.29, 1.82) is 0 Å². The number of nitrogen functional groups attached to an aromatic ring is 1. The average molecular weight is 342 g/mol. The first-order chi connectivity index (χ1) is 11.7. The molecule has 2 heterocycles. The largest absolute Gasteiger partial charge is 0.444 e. The number of rotatable bonds is 3. The third kappa shape index (κ3) is 8.21. The molecular weight excluding hydrogens is 320 g/mol. The standard InChI is InChI=1S/C11H15N3O2.C6H7N3/c1-5-8-6-9(13-7-12-8)14-10(15)16-11(2,3)4;1-2-5-3-6(7)9-4-8-5/h5-7H,1H2,2-4H3,(H,12,13,14,15);2-4H,1H2,(H2,7,8,9).